The first-order valence-corrected chi connectivity index (χ1v) is 6.76. The Balaban J connectivity index is 3.20. The van der Waals surface area contributed by atoms with Crippen molar-refractivity contribution in [3.05, 3.63) is 35.1 Å². The van der Waals surface area contributed by atoms with Gasteiger partial charge in [-0.15, -0.1) is 0 Å². The number of thioether (sulfide) groups is 1. The van der Waals surface area contributed by atoms with E-state index in [4.69, 9.17) is 0 Å². The molecular weight excluding hydrogens is 219 g/mol. The molecule has 0 N–H and O–H groups in total. The first kappa shape index (κ1) is 13.6. The molecule has 90 valence electrons. The molecule has 0 saturated carbocycles. The van der Waals surface area contributed by atoms with E-state index in [0.717, 1.165) is 11.1 Å². The molecule has 0 atom stereocenters. The zero-order valence-corrected chi connectivity index (χ0v) is 11.8. The first-order chi connectivity index (χ1) is 7.18. The van der Waals surface area contributed by atoms with Gasteiger partial charge in [-0.3, -0.25) is 0 Å². The molecule has 0 heterocycles. The molecule has 0 saturated heterocycles. The van der Waals surface area contributed by atoms with E-state index in [1.807, 2.05) is 32.2 Å². The highest BCUT2D eigenvalue weighted by molar-refractivity contribution is 7.99. The van der Waals surface area contributed by atoms with E-state index in [-0.39, 0.29) is 16.0 Å². The summed E-state index contributed by atoms with van der Waals surface area (Å²) in [5.74, 6) is -0.0909. The van der Waals surface area contributed by atoms with E-state index < -0.39 is 0 Å². The molecule has 0 spiro atoms. The van der Waals surface area contributed by atoms with Crippen LogP contribution in [0.5, 0.6) is 0 Å². The summed E-state index contributed by atoms with van der Waals surface area (Å²) in [5.41, 5.74) is 1.83. The average molecular weight is 240 g/mol. The van der Waals surface area contributed by atoms with Gasteiger partial charge in [0, 0.05) is 10.3 Å². The Kier molecular flexibility index (Phi) is 3.73. The second kappa shape index (κ2) is 4.40. The van der Waals surface area contributed by atoms with Crippen LogP contribution in [0, 0.1) is 5.82 Å². The van der Waals surface area contributed by atoms with E-state index in [2.05, 4.69) is 20.8 Å². The Morgan fingerprint density at radius 2 is 1.62 bits per heavy atom. The van der Waals surface area contributed by atoms with Gasteiger partial charge in [-0.25, -0.2) is 4.39 Å². The lowest BCUT2D eigenvalue weighted by molar-refractivity contribution is 0.556. The molecule has 0 nitrogen and oxygen atoms in total. The van der Waals surface area contributed by atoms with Gasteiger partial charge in [-0.05, 0) is 37.1 Å². The lowest BCUT2D eigenvalue weighted by atomic mass is 9.85. The van der Waals surface area contributed by atoms with Crippen LogP contribution in [0.15, 0.2) is 18.2 Å². The quantitative estimate of drug-likeness (QED) is 0.720. The van der Waals surface area contributed by atoms with Crippen LogP contribution in [-0.2, 0) is 10.2 Å². The van der Waals surface area contributed by atoms with E-state index in [1.54, 1.807) is 17.8 Å². The molecule has 0 fully saturated rings. The van der Waals surface area contributed by atoms with Gasteiger partial charge in [0.25, 0.3) is 0 Å². The van der Waals surface area contributed by atoms with Crippen molar-refractivity contribution >= 4 is 11.8 Å². The van der Waals surface area contributed by atoms with Crippen molar-refractivity contribution in [1.29, 1.82) is 0 Å². The minimum absolute atomic E-state index is 0.00285. The number of rotatable bonds is 2. The maximum absolute atomic E-state index is 14.0. The van der Waals surface area contributed by atoms with Gasteiger partial charge in [0.15, 0.2) is 0 Å². The fourth-order valence-electron chi connectivity index (χ4n) is 1.58. The highest BCUT2D eigenvalue weighted by Crippen LogP contribution is 2.36. The standard InChI is InChI=1S/C14H21FS/c1-13(2,3)10-7-8-11(12(15)9-10)14(4,5)16-6/h7-9H,1-6H3. The minimum Gasteiger partial charge on any atom is -0.207 e. The van der Waals surface area contributed by atoms with E-state index in [0.29, 0.717) is 0 Å². The predicted molar refractivity (Wildman–Crippen MR) is 71.6 cm³/mol. The fraction of sp³-hybridized carbons (Fsp3) is 0.571. The van der Waals surface area contributed by atoms with Gasteiger partial charge in [0.1, 0.15) is 5.82 Å². The monoisotopic (exact) mass is 240 g/mol. The second-order valence-electron chi connectivity index (χ2n) is 5.66. The van der Waals surface area contributed by atoms with Crippen LogP contribution < -0.4 is 0 Å². The molecule has 0 amide bonds. The van der Waals surface area contributed by atoms with Crippen LogP contribution in [0.4, 0.5) is 4.39 Å². The summed E-state index contributed by atoms with van der Waals surface area (Å²) in [6, 6.07) is 5.64. The third kappa shape index (κ3) is 2.79. The highest BCUT2D eigenvalue weighted by Gasteiger charge is 2.24. The summed E-state index contributed by atoms with van der Waals surface area (Å²) in [6.45, 7) is 10.4. The van der Waals surface area contributed by atoms with Crippen LogP contribution in [0.25, 0.3) is 0 Å². The second-order valence-corrected chi connectivity index (χ2v) is 7.09. The van der Waals surface area contributed by atoms with Gasteiger partial charge in [0.2, 0.25) is 0 Å². The molecule has 0 radical (unpaired) electrons. The molecule has 0 bridgehead atoms. The maximum atomic E-state index is 14.0. The van der Waals surface area contributed by atoms with Crippen LogP contribution >= 0.6 is 11.8 Å². The molecule has 2 heteroatoms. The van der Waals surface area contributed by atoms with Crippen molar-refractivity contribution in [3.63, 3.8) is 0 Å². The average Bonchev–Trinajstić information content (AvgIpc) is 2.16. The van der Waals surface area contributed by atoms with Crippen molar-refractivity contribution in [3.8, 4) is 0 Å². The fourth-order valence-corrected chi connectivity index (χ4v) is 1.97. The molecule has 1 aromatic rings. The number of hydrogen-bond acceptors (Lipinski definition) is 1. The molecule has 0 aromatic heterocycles. The van der Waals surface area contributed by atoms with Crippen LogP contribution in [0.1, 0.15) is 45.7 Å². The Morgan fingerprint density at radius 1 is 1.06 bits per heavy atom. The van der Waals surface area contributed by atoms with Crippen LogP contribution in [0.3, 0.4) is 0 Å². The third-order valence-corrected chi connectivity index (χ3v) is 4.23. The Hall–Kier alpha value is -0.500. The lowest BCUT2D eigenvalue weighted by Gasteiger charge is -2.25. The maximum Gasteiger partial charge on any atom is 0.128 e. The normalized spacial score (nSPS) is 12.9. The molecule has 0 aliphatic heterocycles. The SMILES string of the molecule is CSC(C)(C)c1ccc(C(C)(C)C)cc1F. The zero-order chi connectivity index (χ0) is 12.6. The summed E-state index contributed by atoms with van der Waals surface area (Å²) in [7, 11) is 0. The van der Waals surface area contributed by atoms with Crippen molar-refractivity contribution in [2.75, 3.05) is 6.26 Å². The Labute approximate surface area is 103 Å². The molecular formula is C14H21FS. The summed E-state index contributed by atoms with van der Waals surface area (Å²) in [5, 5.41) is 0. The molecule has 16 heavy (non-hydrogen) atoms. The molecule has 0 unspecified atom stereocenters. The van der Waals surface area contributed by atoms with Crippen molar-refractivity contribution in [1.82, 2.24) is 0 Å². The largest absolute Gasteiger partial charge is 0.207 e. The minimum atomic E-state index is -0.166. The van der Waals surface area contributed by atoms with Crippen molar-refractivity contribution in [2.24, 2.45) is 0 Å². The molecule has 0 aliphatic carbocycles. The Bertz CT molecular complexity index is 375. The highest BCUT2D eigenvalue weighted by atomic mass is 32.2. The lowest BCUT2D eigenvalue weighted by Crippen LogP contribution is -2.16. The summed E-state index contributed by atoms with van der Waals surface area (Å²) in [4.78, 5) is 0. The third-order valence-electron chi connectivity index (χ3n) is 2.99. The zero-order valence-electron chi connectivity index (χ0n) is 11.0. The van der Waals surface area contributed by atoms with Crippen molar-refractivity contribution < 1.29 is 4.39 Å². The van der Waals surface area contributed by atoms with Crippen molar-refractivity contribution in [2.45, 2.75) is 44.8 Å². The number of benzene rings is 1. The van der Waals surface area contributed by atoms with E-state index >= 15 is 0 Å². The van der Waals surface area contributed by atoms with Crippen LogP contribution in [0.2, 0.25) is 0 Å². The van der Waals surface area contributed by atoms with Crippen LogP contribution in [-0.4, -0.2) is 6.26 Å². The number of halogens is 1. The Morgan fingerprint density at radius 3 is 2.00 bits per heavy atom. The summed E-state index contributed by atoms with van der Waals surface area (Å²) < 4.78 is 13.9. The molecule has 1 rings (SSSR count). The van der Waals surface area contributed by atoms with Gasteiger partial charge in [-0.1, -0.05) is 32.9 Å². The van der Waals surface area contributed by atoms with Gasteiger partial charge >= 0.3 is 0 Å². The molecule has 1 aromatic carbocycles. The topological polar surface area (TPSA) is 0 Å². The van der Waals surface area contributed by atoms with E-state index in [9.17, 15) is 4.39 Å². The smallest absolute Gasteiger partial charge is 0.128 e. The predicted octanol–water partition coefficient (Wildman–Crippen LogP) is 4.72. The summed E-state index contributed by atoms with van der Waals surface area (Å²) >= 11 is 1.67. The summed E-state index contributed by atoms with van der Waals surface area (Å²) in [6.07, 6.45) is 2.01. The van der Waals surface area contributed by atoms with E-state index in [1.165, 1.54) is 0 Å². The first-order valence-electron chi connectivity index (χ1n) is 5.54. The van der Waals surface area contributed by atoms with Gasteiger partial charge in [0.05, 0.1) is 0 Å². The number of hydrogen-bond donors (Lipinski definition) is 0. The molecule has 0 aliphatic rings. The van der Waals surface area contributed by atoms with Gasteiger partial charge in [-0.2, -0.15) is 11.8 Å². The van der Waals surface area contributed by atoms with Gasteiger partial charge < -0.3 is 0 Å².